The molecule has 2 heterocycles. The van der Waals surface area contributed by atoms with Gasteiger partial charge in [-0.1, -0.05) is 23.2 Å². The maximum Gasteiger partial charge on any atom is 0.262 e. The summed E-state index contributed by atoms with van der Waals surface area (Å²) in [6.07, 6.45) is 2.64. The molecule has 0 fully saturated rings. The Labute approximate surface area is 114 Å². The number of nitrogens with zero attached hydrogens (tertiary/aromatic N) is 2. The minimum Gasteiger partial charge on any atom is -0.278 e. The molecule has 0 aliphatic heterocycles. The van der Waals surface area contributed by atoms with Crippen LogP contribution in [0.15, 0.2) is 41.6 Å². The third-order valence-corrected chi connectivity index (χ3v) is 3.80. The van der Waals surface area contributed by atoms with Crippen molar-refractivity contribution in [1.82, 2.24) is 9.97 Å². The summed E-state index contributed by atoms with van der Waals surface area (Å²) in [5, 5.41) is 0.386. The fourth-order valence-corrected chi connectivity index (χ4v) is 2.61. The normalized spacial score (nSPS) is 11.2. The SMILES string of the molecule is O=S(=O)(Nc1ccc(Cl)nc1)c1ccnc(Cl)c1. The first-order chi connectivity index (χ1) is 8.47. The third kappa shape index (κ3) is 3.10. The average Bonchev–Trinajstić information content (AvgIpc) is 2.32. The van der Waals surface area contributed by atoms with Crippen molar-refractivity contribution in [2.45, 2.75) is 4.90 Å². The Morgan fingerprint density at radius 2 is 1.83 bits per heavy atom. The highest BCUT2D eigenvalue weighted by molar-refractivity contribution is 7.92. The molecular formula is C10H7Cl2N3O2S. The highest BCUT2D eigenvalue weighted by Crippen LogP contribution is 2.18. The van der Waals surface area contributed by atoms with Gasteiger partial charge in [0.2, 0.25) is 0 Å². The van der Waals surface area contributed by atoms with Gasteiger partial charge in [0.25, 0.3) is 10.0 Å². The van der Waals surface area contributed by atoms with Crippen LogP contribution >= 0.6 is 23.2 Å². The van der Waals surface area contributed by atoms with E-state index in [2.05, 4.69) is 14.7 Å². The molecule has 1 N–H and O–H groups in total. The lowest BCUT2D eigenvalue weighted by Crippen LogP contribution is -2.13. The second-order valence-corrected chi connectivity index (χ2v) is 5.75. The van der Waals surface area contributed by atoms with Gasteiger partial charge in [0.05, 0.1) is 16.8 Å². The molecule has 0 aliphatic carbocycles. The second kappa shape index (κ2) is 5.09. The molecule has 0 aliphatic rings. The third-order valence-electron chi connectivity index (χ3n) is 1.99. The first kappa shape index (κ1) is 13.1. The smallest absolute Gasteiger partial charge is 0.262 e. The van der Waals surface area contributed by atoms with Crippen molar-refractivity contribution in [3.8, 4) is 0 Å². The van der Waals surface area contributed by atoms with Gasteiger partial charge < -0.3 is 0 Å². The number of halogens is 2. The van der Waals surface area contributed by atoms with Crippen molar-refractivity contribution >= 4 is 38.9 Å². The molecule has 94 valence electrons. The minimum atomic E-state index is -3.71. The van der Waals surface area contributed by atoms with Crippen LogP contribution in [-0.2, 0) is 10.0 Å². The van der Waals surface area contributed by atoms with E-state index in [1.807, 2.05) is 0 Å². The number of sulfonamides is 1. The maximum atomic E-state index is 12.0. The number of aromatic nitrogens is 2. The van der Waals surface area contributed by atoms with Crippen LogP contribution in [0.4, 0.5) is 5.69 Å². The average molecular weight is 304 g/mol. The molecule has 18 heavy (non-hydrogen) atoms. The zero-order valence-electron chi connectivity index (χ0n) is 8.84. The monoisotopic (exact) mass is 303 g/mol. The van der Waals surface area contributed by atoms with E-state index in [0.717, 1.165) is 0 Å². The Morgan fingerprint density at radius 3 is 2.44 bits per heavy atom. The summed E-state index contributed by atoms with van der Waals surface area (Å²) in [6, 6.07) is 5.60. The zero-order valence-corrected chi connectivity index (χ0v) is 11.2. The van der Waals surface area contributed by atoms with Crippen LogP contribution in [0, 0.1) is 0 Å². The lowest BCUT2D eigenvalue weighted by Gasteiger charge is -2.07. The minimum absolute atomic E-state index is 0.0254. The summed E-state index contributed by atoms with van der Waals surface area (Å²) < 4.78 is 26.3. The number of anilines is 1. The van der Waals surface area contributed by atoms with Gasteiger partial charge in [-0.15, -0.1) is 0 Å². The van der Waals surface area contributed by atoms with E-state index in [0.29, 0.717) is 5.69 Å². The Balaban J connectivity index is 2.30. The molecule has 8 heteroatoms. The molecule has 0 aromatic carbocycles. The van der Waals surface area contributed by atoms with Crippen molar-refractivity contribution < 1.29 is 8.42 Å². The molecule has 0 unspecified atom stereocenters. The maximum absolute atomic E-state index is 12.0. The molecule has 2 aromatic rings. The number of rotatable bonds is 3. The van der Waals surface area contributed by atoms with Crippen LogP contribution in [0.25, 0.3) is 0 Å². The van der Waals surface area contributed by atoms with E-state index < -0.39 is 10.0 Å². The van der Waals surface area contributed by atoms with Gasteiger partial charge in [-0.3, -0.25) is 4.72 Å². The van der Waals surface area contributed by atoms with E-state index in [1.165, 1.54) is 36.7 Å². The van der Waals surface area contributed by atoms with E-state index in [9.17, 15) is 8.42 Å². The largest absolute Gasteiger partial charge is 0.278 e. The molecule has 2 rings (SSSR count). The highest BCUT2D eigenvalue weighted by Gasteiger charge is 2.14. The molecule has 0 saturated carbocycles. The van der Waals surface area contributed by atoms with Crippen molar-refractivity contribution in [1.29, 1.82) is 0 Å². The molecule has 2 aromatic heterocycles. The second-order valence-electron chi connectivity index (χ2n) is 3.29. The summed E-state index contributed by atoms with van der Waals surface area (Å²) in [4.78, 5) is 7.52. The molecule has 0 amide bonds. The first-order valence-electron chi connectivity index (χ1n) is 4.73. The van der Waals surface area contributed by atoms with E-state index >= 15 is 0 Å². The molecule has 5 nitrogen and oxygen atoms in total. The first-order valence-corrected chi connectivity index (χ1v) is 6.97. The Kier molecular flexibility index (Phi) is 3.70. The lowest BCUT2D eigenvalue weighted by atomic mass is 10.4. The molecule has 0 bridgehead atoms. The van der Waals surface area contributed by atoms with Gasteiger partial charge in [0.1, 0.15) is 10.3 Å². The van der Waals surface area contributed by atoms with Crippen LogP contribution in [0.1, 0.15) is 0 Å². The molecule has 0 spiro atoms. The van der Waals surface area contributed by atoms with Crippen LogP contribution in [-0.4, -0.2) is 18.4 Å². The Bertz CT molecular complexity index is 659. The van der Waals surface area contributed by atoms with Crippen LogP contribution in [0.5, 0.6) is 0 Å². The van der Waals surface area contributed by atoms with Gasteiger partial charge in [-0.2, -0.15) is 0 Å². The van der Waals surface area contributed by atoms with E-state index in [4.69, 9.17) is 23.2 Å². The summed E-state index contributed by atoms with van der Waals surface area (Å²) >= 11 is 11.2. The topological polar surface area (TPSA) is 72.0 Å². The Hall–Kier alpha value is -1.37. The van der Waals surface area contributed by atoms with E-state index in [-0.39, 0.29) is 15.2 Å². The van der Waals surface area contributed by atoms with Crippen molar-refractivity contribution in [3.05, 3.63) is 47.0 Å². The molecule has 0 radical (unpaired) electrons. The summed E-state index contributed by atoms with van der Waals surface area (Å²) in [5.41, 5.74) is 0.312. The van der Waals surface area contributed by atoms with Crippen LogP contribution in [0.2, 0.25) is 10.3 Å². The van der Waals surface area contributed by atoms with E-state index in [1.54, 1.807) is 0 Å². The summed E-state index contributed by atoms with van der Waals surface area (Å²) in [6.45, 7) is 0. The number of nitrogens with one attached hydrogen (secondary N) is 1. The van der Waals surface area contributed by atoms with Crippen molar-refractivity contribution in [2.75, 3.05) is 4.72 Å². The predicted molar refractivity (Wildman–Crippen MR) is 69.3 cm³/mol. The molecular weight excluding hydrogens is 297 g/mol. The fourth-order valence-electron chi connectivity index (χ4n) is 1.20. The highest BCUT2D eigenvalue weighted by atomic mass is 35.5. The van der Waals surface area contributed by atoms with Crippen molar-refractivity contribution in [2.24, 2.45) is 0 Å². The van der Waals surface area contributed by atoms with Crippen molar-refractivity contribution in [3.63, 3.8) is 0 Å². The fraction of sp³-hybridized carbons (Fsp3) is 0. The number of hydrogen-bond donors (Lipinski definition) is 1. The van der Waals surface area contributed by atoms with Gasteiger partial charge >= 0.3 is 0 Å². The quantitative estimate of drug-likeness (QED) is 0.885. The number of hydrogen-bond acceptors (Lipinski definition) is 4. The zero-order chi connectivity index (χ0) is 13.2. The van der Waals surface area contributed by atoms with Crippen LogP contribution in [0.3, 0.4) is 0 Å². The summed E-state index contributed by atoms with van der Waals surface area (Å²) in [7, 11) is -3.71. The number of pyridine rings is 2. The molecule has 0 atom stereocenters. The standard InChI is InChI=1S/C10H7Cl2N3O2S/c11-9-2-1-7(6-14-9)15-18(16,17)8-3-4-13-10(12)5-8/h1-6,15H. The van der Waals surface area contributed by atoms with Gasteiger partial charge in [0.15, 0.2) is 0 Å². The van der Waals surface area contributed by atoms with Crippen LogP contribution < -0.4 is 4.72 Å². The lowest BCUT2D eigenvalue weighted by molar-refractivity contribution is 0.601. The summed E-state index contributed by atoms with van der Waals surface area (Å²) in [5.74, 6) is 0. The Morgan fingerprint density at radius 1 is 1.06 bits per heavy atom. The van der Waals surface area contributed by atoms with Gasteiger partial charge in [-0.05, 0) is 24.3 Å². The van der Waals surface area contributed by atoms with Gasteiger partial charge in [0, 0.05) is 6.20 Å². The predicted octanol–water partition coefficient (Wildman–Crippen LogP) is 2.58. The van der Waals surface area contributed by atoms with Gasteiger partial charge in [-0.25, -0.2) is 18.4 Å². The molecule has 0 saturated heterocycles.